The van der Waals surface area contributed by atoms with Crippen LogP contribution in [0.1, 0.15) is 15.9 Å². The van der Waals surface area contributed by atoms with Crippen LogP contribution in [0.4, 0.5) is 5.69 Å². The Morgan fingerprint density at radius 2 is 1.50 bits per heavy atom. The number of Topliss-reactive ketones (excluding diaryl/α,β-unsaturated/α-hetero) is 2. The lowest BCUT2D eigenvalue weighted by atomic mass is 9.93. The lowest BCUT2D eigenvalue weighted by Crippen LogP contribution is -2.26. The second-order valence-electron chi connectivity index (χ2n) is 4.22. The number of hydrogen-bond acceptors (Lipinski definition) is 8. The summed E-state index contributed by atoms with van der Waals surface area (Å²) in [7, 11) is -9.95. The van der Waals surface area contributed by atoms with E-state index in [1.165, 1.54) is 0 Å². The average Bonchev–Trinajstić information content (AvgIpc) is 2.34. The van der Waals surface area contributed by atoms with Gasteiger partial charge in [0.25, 0.3) is 20.2 Å². The number of hydrogen-bond donors (Lipinski definition) is 4. The fourth-order valence-corrected chi connectivity index (χ4v) is 3.12. The number of anilines is 1. The van der Waals surface area contributed by atoms with Crippen molar-refractivity contribution in [1.82, 2.24) is 0 Å². The highest BCUT2D eigenvalue weighted by molar-refractivity contribution is 7.91. The largest absolute Gasteiger partial charge is 0.505 e. The minimum absolute atomic E-state index is 0.488. The van der Waals surface area contributed by atoms with Crippen LogP contribution in [0.3, 0.4) is 0 Å². The highest BCUT2D eigenvalue weighted by Crippen LogP contribution is 2.38. The van der Waals surface area contributed by atoms with Gasteiger partial charge in [-0.25, -0.2) is 0 Å². The first-order valence-corrected chi connectivity index (χ1v) is 8.15. The van der Waals surface area contributed by atoms with E-state index in [4.69, 9.17) is 14.8 Å². The molecule has 0 bridgehead atoms. The molecule has 10 nitrogen and oxygen atoms in total. The standard InChI is InChI=1S/C10H7NO9S2/c11-7-4(21(15,16)17)1-3-2-5(22(18,19)20)8(12)10(14)6(3)9(7)13/h1-2,13H,11H2,(H,15,16,17)(H,18,19,20). The lowest BCUT2D eigenvalue weighted by molar-refractivity contribution is -0.111. The van der Waals surface area contributed by atoms with E-state index in [-0.39, 0.29) is 0 Å². The number of nitrogen functional groups attached to an aromatic ring is 1. The third kappa shape index (κ3) is 2.37. The van der Waals surface area contributed by atoms with Crippen LogP contribution in [0.25, 0.3) is 6.08 Å². The number of aromatic hydroxyl groups is 1. The molecule has 118 valence electrons. The molecule has 1 aliphatic rings. The van der Waals surface area contributed by atoms with Crippen molar-refractivity contribution in [3.05, 3.63) is 22.1 Å². The van der Waals surface area contributed by atoms with E-state index in [0.29, 0.717) is 12.1 Å². The fraction of sp³-hybridized carbons (Fsp3) is 0. The molecule has 0 aromatic heterocycles. The number of phenolic OH excluding ortho intramolecular Hbond substituents is 1. The van der Waals surface area contributed by atoms with Gasteiger partial charge in [-0.15, -0.1) is 0 Å². The van der Waals surface area contributed by atoms with E-state index in [1.807, 2.05) is 0 Å². The van der Waals surface area contributed by atoms with Gasteiger partial charge >= 0.3 is 0 Å². The van der Waals surface area contributed by atoms with Crippen molar-refractivity contribution in [3.8, 4) is 5.75 Å². The molecule has 0 aliphatic heterocycles. The maximum absolute atomic E-state index is 11.8. The Hall–Kier alpha value is -2.28. The van der Waals surface area contributed by atoms with Crippen LogP contribution >= 0.6 is 0 Å². The Kier molecular flexibility index (Phi) is 3.37. The first-order chi connectivity index (χ1) is 9.85. The zero-order valence-corrected chi connectivity index (χ0v) is 12.0. The molecule has 0 saturated carbocycles. The molecule has 0 unspecified atom stereocenters. The quantitative estimate of drug-likeness (QED) is 0.228. The smallest absolute Gasteiger partial charge is 0.298 e. The van der Waals surface area contributed by atoms with Gasteiger partial charge in [0.1, 0.15) is 9.80 Å². The van der Waals surface area contributed by atoms with E-state index in [0.717, 1.165) is 0 Å². The minimum atomic E-state index is -5.06. The molecule has 1 aliphatic carbocycles. The average molecular weight is 349 g/mol. The molecular formula is C10H7NO9S2. The number of carbonyl (C=O) groups excluding carboxylic acids is 2. The summed E-state index contributed by atoms with van der Waals surface area (Å²) < 4.78 is 62.2. The van der Waals surface area contributed by atoms with Crippen LogP contribution in [-0.4, -0.2) is 42.6 Å². The van der Waals surface area contributed by atoms with Crippen molar-refractivity contribution in [2.75, 3.05) is 5.73 Å². The van der Waals surface area contributed by atoms with Crippen LogP contribution in [0.15, 0.2) is 15.9 Å². The monoisotopic (exact) mass is 349 g/mol. The van der Waals surface area contributed by atoms with Crippen molar-refractivity contribution < 1.29 is 40.6 Å². The number of carbonyl (C=O) groups is 2. The Bertz CT molecular complexity index is 970. The van der Waals surface area contributed by atoms with E-state index in [2.05, 4.69) is 0 Å². The van der Waals surface area contributed by atoms with Gasteiger partial charge in [-0.2, -0.15) is 16.8 Å². The Balaban J connectivity index is 2.96. The van der Waals surface area contributed by atoms with Gasteiger partial charge in [0, 0.05) is 0 Å². The normalized spacial score (nSPS) is 15.5. The molecule has 2 rings (SSSR count). The van der Waals surface area contributed by atoms with Gasteiger partial charge in [-0.3, -0.25) is 18.7 Å². The molecule has 0 heterocycles. The number of rotatable bonds is 2. The molecule has 0 atom stereocenters. The topological polar surface area (TPSA) is 189 Å². The van der Waals surface area contributed by atoms with E-state index >= 15 is 0 Å². The molecule has 12 heteroatoms. The van der Waals surface area contributed by atoms with E-state index < -0.39 is 64.2 Å². The molecule has 0 saturated heterocycles. The third-order valence-corrected chi connectivity index (χ3v) is 4.58. The Morgan fingerprint density at radius 3 is 1.95 bits per heavy atom. The number of nitrogens with two attached hydrogens (primary N) is 1. The van der Waals surface area contributed by atoms with Crippen LogP contribution in [0.2, 0.25) is 0 Å². The number of benzene rings is 1. The summed E-state index contributed by atoms with van der Waals surface area (Å²) in [6, 6.07) is 0.592. The van der Waals surface area contributed by atoms with Crippen LogP contribution in [-0.2, 0) is 25.0 Å². The van der Waals surface area contributed by atoms with Crippen molar-refractivity contribution >= 4 is 43.6 Å². The highest BCUT2D eigenvalue weighted by Gasteiger charge is 2.38. The number of fused-ring (bicyclic) bond motifs is 1. The second-order valence-corrected chi connectivity index (χ2v) is 7.00. The summed E-state index contributed by atoms with van der Waals surface area (Å²) in [4.78, 5) is 21.1. The predicted octanol–water partition coefficient (Wildman–Crippen LogP) is -0.785. The number of phenols is 1. The highest BCUT2D eigenvalue weighted by atomic mass is 32.2. The summed E-state index contributed by atoms with van der Waals surface area (Å²) >= 11 is 0. The van der Waals surface area contributed by atoms with Gasteiger partial charge in [0.15, 0.2) is 5.75 Å². The Labute approximate surface area is 123 Å². The summed E-state index contributed by atoms with van der Waals surface area (Å²) in [5.74, 6) is -4.23. The maximum atomic E-state index is 11.8. The summed E-state index contributed by atoms with van der Waals surface area (Å²) in [5.41, 5.74) is 3.15. The molecule has 1 aromatic rings. The molecule has 0 radical (unpaired) electrons. The second kappa shape index (κ2) is 4.61. The van der Waals surface area contributed by atoms with Gasteiger partial charge in [0.2, 0.25) is 11.6 Å². The lowest BCUT2D eigenvalue weighted by Gasteiger charge is -2.16. The number of ketones is 2. The first-order valence-electron chi connectivity index (χ1n) is 5.27. The van der Waals surface area contributed by atoms with Crippen LogP contribution in [0, 0.1) is 0 Å². The predicted molar refractivity (Wildman–Crippen MR) is 71.2 cm³/mol. The van der Waals surface area contributed by atoms with Crippen molar-refractivity contribution in [2.45, 2.75) is 4.90 Å². The van der Waals surface area contributed by atoms with E-state index in [1.54, 1.807) is 0 Å². The maximum Gasteiger partial charge on any atom is 0.298 e. The summed E-state index contributed by atoms with van der Waals surface area (Å²) in [6.07, 6.45) is 0.488. The molecule has 1 aromatic carbocycles. The van der Waals surface area contributed by atoms with Crippen LogP contribution < -0.4 is 5.73 Å². The minimum Gasteiger partial charge on any atom is -0.505 e. The molecule has 0 fully saturated rings. The zero-order valence-electron chi connectivity index (χ0n) is 10.3. The summed E-state index contributed by atoms with van der Waals surface area (Å²) in [5, 5.41) is 9.75. The molecule has 0 spiro atoms. The van der Waals surface area contributed by atoms with Crippen molar-refractivity contribution in [3.63, 3.8) is 0 Å². The van der Waals surface area contributed by atoms with E-state index in [9.17, 15) is 31.5 Å². The fourth-order valence-electron chi connectivity index (χ4n) is 1.87. The molecule has 5 N–H and O–H groups in total. The van der Waals surface area contributed by atoms with Crippen LogP contribution in [0.5, 0.6) is 5.75 Å². The first kappa shape index (κ1) is 16.1. The van der Waals surface area contributed by atoms with Gasteiger partial charge in [-0.1, -0.05) is 0 Å². The molecule has 22 heavy (non-hydrogen) atoms. The number of allylic oxidation sites excluding steroid dienone is 1. The van der Waals surface area contributed by atoms with Crippen molar-refractivity contribution in [2.24, 2.45) is 0 Å². The van der Waals surface area contributed by atoms with Crippen molar-refractivity contribution in [1.29, 1.82) is 0 Å². The third-order valence-electron chi connectivity index (χ3n) is 2.83. The molecule has 0 amide bonds. The Morgan fingerprint density at radius 1 is 0.955 bits per heavy atom. The summed E-state index contributed by atoms with van der Waals surface area (Å²) in [6.45, 7) is 0. The molecular weight excluding hydrogens is 342 g/mol. The zero-order chi connectivity index (χ0) is 17.0. The van der Waals surface area contributed by atoms with Gasteiger partial charge in [-0.05, 0) is 17.7 Å². The van der Waals surface area contributed by atoms with Gasteiger partial charge < -0.3 is 10.8 Å². The van der Waals surface area contributed by atoms with Gasteiger partial charge in [0.05, 0.1) is 11.3 Å². The SMILES string of the molecule is Nc1c(S(=O)(=O)O)cc2c(c1O)C(=O)C(=O)C(S(=O)(=O)O)=C2.